The Morgan fingerprint density at radius 1 is 0.712 bits per heavy atom. The first-order valence-electron chi connectivity index (χ1n) is 16.4. The third-order valence-corrected chi connectivity index (χ3v) is 7.76. The van der Waals surface area contributed by atoms with Crippen LogP contribution >= 0.6 is 0 Å². The smallest absolute Gasteiger partial charge is 0.250 e. The number of carbonyl (C=O) groups is 2. The van der Waals surface area contributed by atoms with E-state index in [4.69, 9.17) is 0 Å². The summed E-state index contributed by atoms with van der Waals surface area (Å²) >= 11 is 0. The van der Waals surface area contributed by atoms with Gasteiger partial charge in [-0.15, -0.1) is 0 Å². The highest BCUT2D eigenvalue weighted by atomic mass is 16.2. The molecule has 5 N–H and O–H groups in total. The molecule has 3 aromatic heterocycles. The van der Waals surface area contributed by atoms with Crippen LogP contribution in [0.2, 0.25) is 0 Å². The summed E-state index contributed by atoms with van der Waals surface area (Å²) < 4.78 is 0. The van der Waals surface area contributed by atoms with Crippen LogP contribution in [0.25, 0.3) is 11.3 Å². The molecule has 52 heavy (non-hydrogen) atoms. The van der Waals surface area contributed by atoms with Gasteiger partial charge in [0.05, 0.1) is 5.69 Å². The summed E-state index contributed by atoms with van der Waals surface area (Å²) in [5, 5.41) is 15.4. The Kier molecular flexibility index (Phi) is 11.0. The van der Waals surface area contributed by atoms with Gasteiger partial charge in [-0.3, -0.25) is 14.6 Å². The lowest BCUT2D eigenvalue weighted by atomic mass is 10.1. The molecule has 0 saturated heterocycles. The summed E-state index contributed by atoms with van der Waals surface area (Å²) in [7, 11) is 0. The van der Waals surface area contributed by atoms with Crippen LogP contribution in [0, 0.1) is 13.8 Å². The highest BCUT2D eigenvalue weighted by molar-refractivity contribution is 6.02. The Balaban J connectivity index is 0.981. The minimum Gasteiger partial charge on any atom is -0.348 e. The highest BCUT2D eigenvalue weighted by Crippen LogP contribution is 2.25. The van der Waals surface area contributed by atoms with Crippen molar-refractivity contribution in [1.82, 2.24) is 30.2 Å². The summed E-state index contributed by atoms with van der Waals surface area (Å²) in [6.07, 6.45) is 9.52. The molecule has 12 nitrogen and oxygen atoms in total. The second-order valence-corrected chi connectivity index (χ2v) is 11.7. The number of pyridine rings is 1. The molecule has 0 spiro atoms. The minimum absolute atomic E-state index is 0.143. The average Bonchev–Trinajstić information content (AvgIpc) is 3.17. The fraction of sp³-hybridized carbons (Fsp3) is 0.0750. The van der Waals surface area contributed by atoms with E-state index in [-0.39, 0.29) is 12.1 Å². The minimum atomic E-state index is -0.413. The van der Waals surface area contributed by atoms with Crippen molar-refractivity contribution in [1.29, 1.82) is 0 Å². The molecule has 0 bridgehead atoms. The van der Waals surface area contributed by atoms with Crippen molar-refractivity contribution in [2.24, 2.45) is 0 Å². The Hall–Kier alpha value is -7.21. The fourth-order valence-corrected chi connectivity index (χ4v) is 4.90. The third kappa shape index (κ3) is 9.48. The first-order valence-corrected chi connectivity index (χ1v) is 16.4. The van der Waals surface area contributed by atoms with E-state index in [1.54, 1.807) is 36.9 Å². The molecular weight excluding hydrogens is 653 g/mol. The molecule has 0 aliphatic rings. The van der Waals surface area contributed by atoms with Gasteiger partial charge in [-0.1, -0.05) is 43.0 Å². The number of para-hydroxylation sites is 1. The summed E-state index contributed by atoms with van der Waals surface area (Å²) in [6.45, 7) is 7.97. The van der Waals surface area contributed by atoms with E-state index < -0.39 is 11.8 Å². The molecule has 6 rings (SSSR count). The molecule has 6 aromatic rings. The van der Waals surface area contributed by atoms with Crippen LogP contribution in [0.4, 0.5) is 40.5 Å². The van der Waals surface area contributed by atoms with E-state index in [1.165, 1.54) is 12.2 Å². The lowest BCUT2D eigenvalue weighted by Gasteiger charge is -2.12. The maximum Gasteiger partial charge on any atom is 0.250 e. The quantitative estimate of drug-likeness (QED) is 0.0606. The van der Waals surface area contributed by atoms with E-state index in [2.05, 4.69) is 58.1 Å². The van der Waals surface area contributed by atoms with Gasteiger partial charge < -0.3 is 26.6 Å². The highest BCUT2D eigenvalue weighted by Gasteiger charge is 2.10. The molecule has 0 aliphatic heterocycles. The Labute approximate surface area is 301 Å². The van der Waals surface area contributed by atoms with Gasteiger partial charge in [0.15, 0.2) is 0 Å². The molecule has 3 heterocycles. The molecule has 0 unspecified atom stereocenters. The SMILES string of the molecule is C=C(/C=C/C(=O)Nc1ccc(C)c(Nc2nccc(-c3cccnc3)n2)c1)C(=O)NCc1ccc(Nc2nc(Nc3ccccc3)ncc2C)cc1. The molecular formula is C40H36N10O2. The zero-order valence-corrected chi connectivity index (χ0v) is 28.6. The predicted molar refractivity (Wildman–Crippen MR) is 205 cm³/mol. The van der Waals surface area contributed by atoms with Crippen molar-refractivity contribution < 1.29 is 9.59 Å². The van der Waals surface area contributed by atoms with Gasteiger partial charge in [0.1, 0.15) is 5.82 Å². The van der Waals surface area contributed by atoms with Crippen LogP contribution in [0.1, 0.15) is 16.7 Å². The largest absolute Gasteiger partial charge is 0.348 e. The zero-order chi connectivity index (χ0) is 36.3. The Morgan fingerprint density at radius 2 is 1.48 bits per heavy atom. The number of anilines is 7. The van der Waals surface area contributed by atoms with Crippen molar-refractivity contribution >= 4 is 52.3 Å². The van der Waals surface area contributed by atoms with Crippen molar-refractivity contribution in [3.8, 4) is 11.3 Å². The molecule has 0 fully saturated rings. The van der Waals surface area contributed by atoms with Crippen LogP contribution in [-0.2, 0) is 16.1 Å². The first-order chi connectivity index (χ1) is 25.3. The van der Waals surface area contributed by atoms with Crippen molar-refractivity contribution in [3.05, 3.63) is 157 Å². The number of hydrogen-bond acceptors (Lipinski definition) is 10. The number of nitrogens with zero attached hydrogens (tertiary/aromatic N) is 5. The van der Waals surface area contributed by atoms with E-state index >= 15 is 0 Å². The predicted octanol–water partition coefficient (Wildman–Crippen LogP) is 7.54. The van der Waals surface area contributed by atoms with E-state index in [1.807, 2.05) is 92.7 Å². The molecule has 0 atom stereocenters. The molecule has 3 aromatic carbocycles. The number of aromatic nitrogens is 5. The molecule has 12 heteroatoms. The van der Waals surface area contributed by atoms with Crippen molar-refractivity contribution in [3.63, 3.8) is 0 Å². The van der Waals surface area contributed by atoms with Crippen LogP contribution in [-0.4, -0.2) is 36.7 Å². The molecule has 0 aliphatic carbocycles. The molecule has 2 amide bonds. The molecule has 0 saturated carbocycles. The topological polar surface area (TPSA) is 159 Å². The molecule has 0 radical (unpaired) electrons. The fourth-order valence-electron chi connectivity index (χ4n) is 4.90. The molecule has 258 valence electrons. The number of benzene rings is 3. The van der Waals surface area contributed by atoms with Crippen LogP contribution in [0.3, 0.4) is 0 Å². The average molecular weight is 689 g/mol. The van der Waals surface area contributed by atoms with Gasteiger partial charge in [0.25, 0.3) is 5.91 Å². The first kappa shape index (κ1) is 34.6. The third-order valence-electron chi connectivity index (χ3n) is 7.76. The van der Waals surface area contributed by atoms with Crippen LogP contribution in [0.5, 0.6) is 0 Å². The van der Waals surface area contributed by atoms with E-state index in [0.717, 1.165) is 45.0 Å². The standard InChI is InChI=1S/C40H36N10O2/c1-26-11-15-33(22-35(26)49-39-42-21-19-34(48-39)30-8-7-20-41-25-30)45-36(51)18-12-27(2)38(52)43-24-29-13-16-32(17-14-29)46-37-28(3)23-44-40(50-37)47-31-9-5-4-6-10-31/h4-23,25H,2,24H2,1,3H3,(H,43,52)(H,45,51)(H,42,48,49)(H2,44,46,47,50)/b18-12+. The van der Waals surface area contributed by atoms with Crippen molar-refractivity contribution in [2.45, 2.75) is 20.4 Å². The van der Waals surface area contributed by atoms with Gasteiger partial charge in [0.2, 0.25) is 17.8 Å². The van der Waals surface area contributed by atoms with Gasteiger partial charge in [0, 0.05) is 76.9 Å². The maximum absolute atomic E-state index is 12.7. The summed E-state index contributed by atoms with van der Waals surface area (Å²) in [5.74, 6) is 0.766. The number of hydrogen-bond donors (Lipinski definition) is 5. The second-order valence-electron chi connectivity index (χ2n) is 11.7. The van der Waals surface area contributed by atoms with Gasteiger partial charge in [-0.25, -0.2) is 15.0 Å². The zero-order valence-electron chi connectivity index (χ0n) is 28.6. The van der Waals surface area contributed by atoms with Gasteiger partial charge in [-0.05, 0) is 85.6 Å². The number of rotatable bonds is 13. The van der Waals surface area contributed by atoms with E-state index in [0.29, 0.717) is 23.4 Å². The van der Waals surface area contributed by atoms with Crippen LogP contribution < -0.4 is 26.6 Å². The van der Waals surface area contributed by atoms with Gasteiger partial charge >= 0.3 is 0 Å². The van der Waals surface area contributed by atoms with Crippen molar-refractivity contribution in [2.75, 3.05) is 21.3 Å². The monoisotopic (exact) mass is 688 g/mol. The number of amides is 2. The number of aryl methyl sites for hydroxylation is 2. The second kappa shape index (κ2) is 16.5. The number of carbonyl (C=O) groups excluding carboxylic acids is 2. The van der Waals surface area contributed by atoms with Gasteiger partial charge in [-0.2, -0.15) is 4.98 Å². The summed E-state index contributed by atoms with van der Waals surface area (Å²) in [6, 6.07) is 28.4. The lowest BCUT2D eigenvalue weighted by molar-refractivity contribution is -0.117. The number of nitrogens with one attached hydrogen (secondary N) is 5. The van der Waals surface area contributed by atoms with E-state index in [9.17, 15) is 9.59 Å². The Bertz CT molecular complexity index is 2220. The lowest BCUT2D eigenvalue weighted by Crippen LogP contribution is -2.23. The normalized spacial score (nSPS) is 10.7. The summed E-state index contributed by atoms with van der Waals surface area (Å²) in [4.78, 5) is 47.5. The Morgan fingerprint density at radius 3 is 2.27 bits per heavy atom. The summed E-state index contributed by atoms with van der Waals surface area (Å²) in [5.41, 5.74) is 7.47. The van der Waals surface area contributed by atoms with Crippen LogP contribution in [0.15, 0.2) is 140 Å². The maximum atomic E-state index is 12.7.